The van der Waals surface area contributed by atoms with Crippen LogP contribution in [0.5, 0.6) is 0 Å². The molecule has 1 aliphatic rings. The van der Waals surface area contributed by atoms with Crippen molar-refractivity contribution in [2.75, 3.05) is 6.61 Å². The Labute approximate surface area is 199 Å². The number of rotatable bonds is 6. The summed E-state index contributed by atoms with van der Waals surface area (Å²) in [6.07, 6.45) is 0.391. The van der Waals surface area contributed by atoms with Gasteiger partial charge in [-0.05, 0) is 51.9 Å². The maximum atomic E-state index is 12.7. The first-order valence-corrected chi connectivity index (χ1v) is 11.4. The van der Waals surface area contributed by atoms with E-state index < -0.39 is 6.09 Å². The van der Waals surface area contributed by atoms with Gasteiger partial charge in [-0.1, -0.05) is 90.5 Å². The Morgan fingerprint density at radius 3 is 2.26 bits per heavy atom. The topological polar surface area (TPSA) is 55.4 Å². The molecule has 0 heterocycles. The van der Waals surface area contributed by atoms with E-state index in [4.69, 9.17) is 4.74 Å². The highest BCUT2D eigenvalue weighted by Crippen LogP contribution is 2.44. The molecule has 1 aliphatic carbocycles. The molecule has 5 rings (SSSR count). The molecule has 0 bridgehead atoms. The SMILES string of the molecule is Cc1ccc(-c2cccc(C=O)c2)c(CNC(=O)OCC2c3ccccc3-c3ccccc32)c1. The largest absolute Gasteiger partial charge is 0.449 e. The summed E-state index contributed by atoms with van der Waals surface area (Å²) in [5.41, 5.74) is 9.38. The van der Waals surface area contributed by atoms with Crippen molar-refractivity contribution in [3.8, 4) is 22.3 Å². The van der Waals surface area contributed by atoms with Crippen molar-refractivity contribution in [2.24, 2.45) is 0 Å². The van der Waals surface area contributed by atoms with Crippen LogP contribution >= 0.6 is 0 Å². The average Bonchev–Trinajstić information content (AvgIpc) is 3.20. The summed E-state index contributed by atoms with van der Waals surface area (Å²) in [6, 6.07) is 30.1. The molecule has 34 heavy (non-hydrogen) atoms. The quantitative estimate of drug-likeness (QED) is 0.343. The predicted molar refractivity (Wildman–Crippen MR) is 134 cm³/mol. The third kappa shape index (κ3) is 4.23. The van der Waals surface area contributed by atoms with Gasteiger partial charge in [0.1, 0.15) is 12.9 Å². The van der Waals surface area contributed by atoms with Gasteiger partial charge < -0.3 is 10.1 Å². The number of amides is 1. The first-order valence-electron chi connectivity index (χ1n) is 11.4. The van der Waals surface area contributed by atoms with Crippen LogP contribution in [0.1, 0.15) is 38.5 Å². The van der Waals surface area contributed by atoms with Crippen molar-refractivity contribution in [1.82, 2.24) is 5.32 Å². The Balaban J connectivity index is 1.29. The number of ether oxygens (including phenoxy) is 1. The number of hydrogen-bond acceptors (Lipinski definition) is 3. The van der Waals surface area contributed by atoms with Gasteiger partial charge in [-0.15, -0.1) is 0 Å². The monoisotopic (exact) mass is 447 g/mol. The number of hydrogen-bond donors (Lipinski definition) is 1. The lowest BCUT2D eigenvalue weighted by atomic mass is 9.96. The van der Waals surface area contributed by atoms with Gasteiger partial charge in [0.05, 0.1) is 0 Å². The lowest BCUT2D eigenvalue weighted by Gasteiger charge is -2.16. The highest BCUT2D eigenvalue weighted by Gasteiger charge is 2.29. The molecular formula is C30H25NO3. The fourth-order valence-corrected chi connectivity index (χ4v) is 4.75. The number of carbonyl (C=O) groups is 2. The summed E-state index contributed by atoms with van der Waals surface area (Å²) in [5, 5.41) is 2.91. The molecule has 1 amide bonds. The zero-order valence-corrected chi connectivity index (χ0v) is 19.0. The second-order valence-corrected chi connectivity index (χ2v) is 8.58. The van der Waals surface area contributed by atoms with Crippen molar-refractivity contribution in [1.29, 1.82) is 0 Å². The molecule has 0 saturated heterocycles. The molecule has 0 aromatic heterocycles. The van der Waals surface area contributed by atoms with Gasteiger partial charge in [0.2, 0.25) is 0 Å². The second-order valence-electron chi connectivity index (χ2n) is 8.58. The Kier molecular flexibility index (Phi) is 5.96. The molecule has 4 aromatic rings. The zero-order chi connectivity index (χ0) is 23.5. The van der Waals surface area contributed by atoms with Gasteiger partial charge in [-0.2, -0.15) is 0 Å². The molecule has 4 nitrogen and oxygen atoms in total. The molecule has 4 heteroatoms. The lowest BCUT2D eigenvalue weighted by Crippen LogP contribution is -2.26. The molecule has 0 fully saturated rings. The van der Waals surface area contributed by atoms with E-state index in [1.54, 1.807) is 6.07 Å². The lowest BCUT2D eigenvalue weighted by molar-refractivity contribution is 0.112. The van der Waals surface area contributed by atoms with Crippen molar-refractivity contribution in [3.05, 3.63) is 119 Å². The van der Waals surface area contributed by atoms with E-state index in [0.717, 1.165) is 28.5 Å². The highest BCUT2D eigenvalue weighted by molar-refractivity contribution is 5.80. The number of benzene rings is 4. The van der Waals surface area contributed by atoms with Crippen LogP contribution in [0.25, 0.3) is 22.3 Å². The standard InChI is InChI=1S/C30H25NO3/c1-20-13-14-24(22-8-6-7-21(16-22)18-32)23(15-20)17-31-30(33)34-19-29-27-11-4-2-9-25(27)26-10-3-5-12-28(26)29/h2-16,18,29H,17,19H2,1H3,(H,31,33). The summed E-state index contributed by atoms with van der Waals surface area (Å²) in [5.74, 6) is 0.0266. The van der Waals surface area contributed by atoms with E-state index in [2.05, 4.69) is 29.6 Å². The summed E-state index contributed by atoms with van der Waals surface area (Å²) in [7, 11) is 0. The maximum Gasteiger partial charge on any atom is 0.407 e. The van der Waals surface area contributed by atoms with Crippen LogP contribution in [0.15, 0.2) is 91.0 Å². The van der Waals surface area contributed by atoms with E-state index in [9.17, 15) is 9.59 Å². The van der Waals surface area contributed by atoms with Gasteiger partial charge >= 0.3 is 6.09 Å². The van der Waals surface area contributed by atoms with Gasteiger partial charge in [-0.3, -0.25) is 4.79 Å². The van der Waals surface area contributed by atoms with E-state index in [1.807, 2.05) is 67.6 Å². The number of nitrogens with one attached hydrogen (secondary N) is 1. The third-order valence-electron chi connectivity index (χ3n) is 6.36. The second kappa shape index (κ2) is 9.36. The number of fused-ring (bicyclic) bond motifs is 3. The van der Waals surface area contributed by atoms with Crippen LogP contribution in [0.3, 0.4) is 0 Å². The third-order valence-corrected chi connectivity index (χ3v) is 6.36. The van der Waals surface area contributed by atoms with Crippen LogP contribution in [-0.4, -0.2) is 19.0 Å². The van der Waals surface area contributed by atoms with Crippen molar-refractivity contribution in [3.63, 3.8) is 0 Å². The normalized spacial score (nSPS) is 12.0. The summed E-state index contributed by atoms with van der Waals surface area (Å²) in [6.45, 7) is 2.63. The fraction of sp³-hybridized carbons (Fsp3) is 0.133. The molecular weight excluding hydrogens is 422 g/mol. The number of aryl methyl sites for hydroxylation is 1. The molecule has 0 radical (unpaired) electrons. The van der Waals surface area contributed by atoms with Crippen LogP contribution in [0.4, 0.5) is 4.79 Å². The Hall–Kier alpha value is -4.18. The summed E-state index contributed by atoms with van der Waals surface area (Å²) >= 11 is 0. The number of aldehydes is 1. The van der Waals surface area contributed by atoms with Gasteiger partial charge in [-0.25, -0.2) is 4.79 Å². The first-order chi connectivity index (χ1) is 16.6. The maximum absolute atomic E-state index is 12.7. The average molecular weight is 448 g/mol. The van der Waals surface area contributed by atoms with E-state index in [-0.39, 0.29) is 12.5 Å². The van der Waals surface area contributed by atoms with E-state index in [0.29, 0.717) is 12.1 Å². The molecule has 0 saturated carbocycles. The Morgan fingerprint density at radius 2 is 1.56 bits per heavy atom. The van der Waals surface area contributed by atoms with E-state index >= 15 is 0 Å². The molecule has 0 spiro atoms. The molecule has 1 N–H and O–H groups in total. The van der Waals surface area contributed by atoms with Gasteiger partial charge in [0.15, 0.2) is 0 Å². The molecule has 0 unspecified atom stereocenters. The highest BCUT2D eigenvalue weighted by atomic mass is 16.5. The minimum Gasteiger partial charge on any atom is -0.449 e. The molecule has 168 valence electrons. The molecule has 0 aliphatic heterocycles. The minimum absolute atomic E-state index is 0.0266. The minimum atomic E-state index is -0.448. The van der Waals surface area contributed by atoms with Gasteiger partial charge in [0, 0.05) is 18.0 Å². The number of alkyl carbamates (subject to hydrolysis) is 1. The first kappa shape index (κ1) is 21.7. The summed E-state index contributed by atoms with van der Waals surface area (Å²) in [4.78, 5) is 23.9. The van der Waals surface area contributed by atoms with Crippen LogP contribution in [0, 0.1) is 6.92 Å². The van der Waals surface area contributed by atoms with Crippen molar-refractivity contribution in [2.45, 2.75) is 19.4 Å². The smallest absolute Gasteiger partial charge is 0.407 e. The fourth-order valence-electron chi connectivity index (χ4n) is 4.75. The van der Waals surface area contributed by atoms with Gasteiger partial charge in [0.25, 0.3) is 0 Å². The Bertz CT molecular complexity index is 1330. The molecule has 0 atom stereocenters. The van der Waals surface area contributed by atoms with Crippen LogP contribution < -0.4 is 5.32 Å². The van der Waals surface area contributed by atoms with Crippen LogP contribution in [0.2, 0.25) is 0 Å². The number of carbonyl (C=O) groups excluding carboxylic acids is 2. The van der Waals surface area contributed by atoms with Crippen LogP contribution in [-0.2, 0) is 11.3 Å². The molecule has 4 aromatic carbocycles. The van der Waals surface area contributed by atoms with Crippen molar-refractivity contribution >= 4 is 12.4 Å². The van der Waals surface area contributed by atoms with Crippen molar-refractivity contribution < 1.29 is 14.3 Å². The van der Waals surface area contributed by atoms with E-state index in [1.165, 1.54) is 22.3 Å². The predicted octanol–water partition coefficient (Wildman–Crippen LogP) is 6.51. The zero-order valence-electron chi connectivity index (χ0n) is 19.0. The summed E-state index contributed by atoms with van der Waals surface area (Å²) < 4.78 is 5.68. The Morgan fingerprint density at radius 1 is 0.853 bits per heavy atom.